The molecule has 5 heteroatoms. The van der Waals surface area contributed by atoms with Crippen LogP contribution in [-0.4, -0.2) is 26.1 Å². The lowest BCUT2D eigenvalue weighted by atomic mass is 10.4. The summed E-state index contributed by atoms with van der Waals surface area (Å²) in [5.74, 6) is 0. The quantitative estimate of drug-likeness (QED) is 0.719. The molecule has 0 aromatic carbocycles. The molecule has 0 amide bonds. The summed E-state index contributed by atoms with van der Waals surface area (Å²) in [6.07, 6.45) is 5.61. The number of nitrogens with zero attached hydrogens (tertiary/aromatic N) is 4. The Balaban J connectivity index is 1.70. The molecule has 15 heavy (non-hydrogen) atoms. The Morgan fingerprint density at radius 3 is 3.00 bits per heavy atom. The minimum absolute atomic E-state index is 0.852. The summed E-state index contributed by atoms with van der Waals surface area (Å²) in [5, 5.41) is 11.0. The van der Waals surface area contributed by atoms with Crippen LogP contribution in [0, 0.1) is 0 Å². The molecule has 0 aliphatic rings. The Hall–Kier alpha value is -1.62. The number of hydrogen-bond donors (Lipinski definition) is 1. The van der Waals surface area contributed by atoms with Crippen LogP contribution in [0.2, 0.25) is 0 Å². The van der Waals surface area contributed by atoms with Crippen molar-refractivity contribution in [1.82, 2.24) is 24.9 Å². The predicted molar refractivity (Wildman–Crippen MR) is 57.1 cm³/mol. The summed E-state index contributed by atoms with van der Waals surface area (Å²) in [6.45, 7) is 2.64. The molecule has 2 aromatic rings. The first-order chi connectivity index (χ1) is 7.36. The molecule has 0 unspecified atom stereocenters. The maximum atomic E-state index is 3.89. The van der Waals surface area contributed by atoms with Gasteiger partial charge >= 0.3 is 0 Å². The van der Waals surface area contributed by atoms with Gasteiger partial charge in [-0.05, 0) is 12.1 Å². The van der Waals surface area contributed by atoms with Crippen LogP contribution in [0.5, 0.6) is 0 Å². The average Bonchev–Trinajstić information content (AvgIpc) is 2.85. The van der Waals surface area contributed by atoms with E-state index in [4.69, 9.17) is 0 Å². The van der Waals surface area contributed by atoms with Crippen LogP contribution in [0.4, 0.5) is 0 Å². The van der Waals surface area contributed by atoms with Gasteiger partial charge in [-0.3, -0.25) is 4.68 Å². The van der Waals surface area contributed by atoms with Crippen molar-refractivity contribution in [2.45, 2.75) is 13.1 Å². The molecule has 1 N–H and O–H groups in total. The van der Waals surface area contributed by atoms with Crippen molar-refractivity contribution in [1.29, 1.82) is 0 Å². The Labute approximate surface area is 88.7 Å². The molecule has 0 fully saturated rings. The van der Waals surface area contributed by atoms with E-state index in [1.807, 2.05) is 10.9 Å². The van der Waals surface area contributed by atoms with Crippen LogP contribution >= 0.6 is 0 Å². The van der Waals surface area contributed by atoms with Crippen LogP contribution in [0.15, 0.2) is 30.7 Å². The summed E-state index contributed by atoms with van der Waals surface area (Å²) >= 11 is 0. The molecule has 5 nitrogen and oxygen atoms in total. The zero-order valence-corrected chi connectivity index (χ0v) is 8.80. The lowest BCUT2D eigenvalue weighted by Gasteiger charge is -2.05. The standard InChI is InChI=1S/C10H15N5/c1-14-6-2-3-10(14)9-11-4-7-15-8-5-12-13-15/h2-3,5-6,8,11H,4,7,9H2,1H3. The highest BCUT2D eigenvalue weighted by atomic mass is 15.4. The molecule has 0 aliphatic carbocycles. The van der Waals surface area contributed by atoms with Crippen molar-refractivity contribution in [3.63, 3.8) is 0 Å². The summed E-state index contributed by atoms with van der Waals surface area (Å²) in [5.41, 5.74) is 1.29. The minimum Gasteiger partial charge on any atom is -0.353 e. The number of aromatic nitrogens is 4. The van der Waals surface area contributed by atoms with E-state index < -0.39 is 0 Å². The molecule has 0 atom stereocenters. The number of aryl methyl sites for hydroxylation is 1. The third kappa shape index (κ3) is 2.66. The van der Waals surface area contributed by atoms with E-state index in [1.165, 1.54) is 5.69 Å². The van der Waals surface area contributed by atoms with E-state index in [2.05, 4.69) is 45.6 Å². The largest absolute Gasteiger partial charge is 0.353 e. The minimum atomic E-state index is 0.852. The van der Waals surface area contributed by atoms with Gasteiger partial charge in [-0.25, -0.2) is 0 Å². The number of rotatable bonds is 5. The zero-order chi connectivity index (χ0) is 10.5. The third-order valence-corrected chi connectivity index (χ3v) is 2.35. The van der Waals surface area contributed by atoms with Crippen molar-refractivity contribution in [2.75, 3.05) is 6.54 Å². The van der Waals surface area contributed by atoms with Gasteiger partial charge in [0.2, 0.25) is 0 Å². The predicted octanol–water partition coefficient (Wildman–Crippen LogP) is 0.406. The van der Waals surface area contributed by atoms with Crippen molar-refractivity contribution in [3.05, 3.63) is 36.4 Å². The fraction of sp³-hybridized carbons (Fsp3) is 0.400. The Bertz CT molecular complexity index is 390. The second-order valence-electron chi connectivity index (χ2n) is 3.45. The van der Waals surface area contributed by atoms with Crippen LogP contribution < -0.4 is 5.32 Å². The molecule has 0 radical (unpaired) electrons. The molecule has 0 saturated heterocycles. The second-order valence-corrected chi connectivity index (χ2v) is 3.45. The topological polar surface area (TPSA) is 47.7 Å². The molecule has 80 valence electrons. The highest BCUT2D eigenvalue weighted by Crippen LogP contribution is 1.97. The molecular weight excluding hydrogens is 190 g/mol. The highest BCUT2D eigenvalue weighted by Gasteiger charge is 1.96. The number of nitrogens with one attached hydrogen (secondary N) is 1. The molecule has 0 saturated carbocycles. The van der Waals surface area contributed by atoms with Gasteiger partial charge in [0, 0.05) is 38.2 Å². The van der Waals surface area contributed by atoms with E-state index in [1.54, 1.807) is 6.20 Å². The van der Waals surface area contributed by atoms with E-state index >= 15 is 0 Å². The molecule has 0 spiro atoms. The fourth-order valence-corrected chi connectivity index (χ4v) is 1.44. The monoisotopic (exact) mass is 205 g/mol. The summed E-state index contributed by atoms with van der Waals surface area (Å²) in [7, 11) is 2.05. The molecule has 2 heterocycles. The van der Waals surface area contributed by atoms with E-state index in [9.17, 15) is 0 Å². The first-order valence-electron chi connectivity index (χ1n) is 5.01. The van der Waals surface area contributed by atoms with Crippen LogP contribution in [-0.2, 0) is 20.1 Å². The van der Waals surface area contributed by atoms with Gasteiger partial charge in [0.15, 0.2) is 0 Å². The SMILES string of the molecule is Cn1cccc1CNCCn1ccnn1. The molecular formula is C10H15N5. The van der Waals surface area contributed by atoms with Gasteiger partial charge in [0.25, 0.3) is 0 Å². The smallest absolute Gasteiger partial charge is 0.0692 e. The van der Waals surface area contributed by atoms with Crippen molar-refractivity contribution >= 4 is 0 Å². The lowest BCUT2D eigenvalue weighted by molar-refractivity contribution is 0.534. The van der Waals surface area contributed by atoms with Gasteiger partial charge in [0.05, 0.1) is 12.7 Å². The van der Waals surface area contributed by atoms with Gasteiger partial charge in [0.1, 0.15) is 0 Å². The van der Waals surface area contributed by atoms with Crippen molar-refractivity contribution < 1.29 is 0 Å². The van der Waals surface area contributed by atoms with E-state index in [-0.39, 0.29) is 0 Å². The van der Waals surface area contributed by atoms with Gasteiger partial charge < -0.3 is 9.88 Å². The maximum Gasteiger partial charge on any atom is 0.0692 e. The summed E-state index contributed by atoms with van der Waals surface area (Å²) in [4.78, 5) is 0. The van der Waals surface area contributed by atoms with Crippen molar-refractivity contribution in [3.8, 4) is 0 Å². The Morgan fingerprint density at radius 2 is 2.33 bits per heavy atom. The lowest BCUT2D eigenvalue weighted by Crippen LogP contribution is -2.20. The first-order valence-corrected chi connectivity index (χ1v) is 5.01. The van der Waals surface area contributed by atoms with Crippen molar-refractivity contribution in [2.24, 2.45) is 7.05 Å². The fourth-order valence-electron chi connectivity index (χ4n) is 1.44. The molecule has 0 bridgehead atoms. The molecule has 0 aliphatic heterocycles. The van der Waals surface area contributed by atoms with Crippen LogP contribution in [0.25, 0.3) is 0 Å². The maximum absolute atomic E-state index is 3.89. The highest BCUT2D eigenvalue weighted by molar-refractivity contribution is 5.05. The first kappa shape index (κ1) is 9.92. The average molecular weight is 205 g/mol. The summed E-state index contributed by atoms with van der Waals surface area (Å²) in [6, 6.07) is 4.16. The number of hydrogen-bond acceptors (Lipinski definition) is 3. The van der Waals surface area contributed by atoms with E-state index in [0.29, 0.717) is 0 Å². The van der Waals surface area contributed by atoms with Gasteiger partial charge in [-0.2, -0.15) is 0 Å². The molecule has 2 aromatic heterocycles. The Morgan fingerprint density at radius 1 is 1.40 bits per heavy atom. The Kier molecular flexibility index (Phi) is 3.14. The van der Waals surface area contributed by atoms with Crippen LogP contribution in [0.3, 0.4) is 0 Å². The van der Waals surface area contributed by atoms with E-state index in [0.717, 1.165) is 19.6 Å². The normalized spacial score (nSPS) is 10.7. The second kappa shape index (κ2) is 4.75. The van der Waals surface area contributed by atoms with Crippen LogP contribution in [0.1, 0.15) is 5.69 Å². The third-order valence-electron chi connectivity index (χ3n) is 2.35. The molecule has 2 rings (SSSR count). The van der Waals surface area contributed by atoms with Gasteiger partial charge in [-0.15, -0.1) is 5.10 Å². The summed E-state index contributed by atoms with van der Waals surface area (Å²) < 4.78 is 3.93. The van der Waals surface area contributed by atoms with Gasteiger partial charge in [-0.1, -0.05) is 5.21 Å². The zero-order valence-electron chi connectivity index (χ0n) is 8.80.